The number of hydrogen-bond acceptors (Lipinski definition) is 3. The Hall–Kier alpha value is -0.780. The van der Waals surface area contributed by atoms with Crippen molar-refractivity contribution in [2.75, 3.05) is 6.54 Å². The van der Waals surface area contributed by atoms with E-state index >= 15 is 0 Å². The topological polar surface area (TPSA) is 24.9 Å². The van der Waals surface area contributed by atoms with Crippen molar-refractivity contribution in [3.63, 3.8) is 0 Å². The van der Waals surface area contributed by atoms with Gasteiger partial charge in [-0.25, -0.2) is 9.37 Å². The van der Waals surface area contributed by atoms with Crippen molar-refractivity contribution < 1.29 is 4.39 Å². The normalized spacial score (nSPS) is 19.3. The van der Waals surface area contributed by atoms with Gasteiger partial charge in [0.05, 0.1) is 11.7 Å². The van der Waals surface area contributed by atoms with Gasteiger partial charge in [-0.3, -0.25) is 0 Å². The lowest BCUT2D eigenvalue weighted by atomic mass is 10.2. The second-order valence-electron chi connectivity index (χ2n) is 4.34. The minimum atomic E-state index is -0.237. The highest BCUT2D eigenvalue weighted by Gasteiger charge is 2.20. The van der Waals surface area contributed by atoms with Gasteiger partial charge in [0, 0.05) is 15.4 Å². The fraction of sp³-hybridized carbons (Fsp3) is 0.308. The standard InChI is InChI=1S/C13H12BrFN2S/c14-10-6-8(15)3-4-9(10)12-7-18-13(17-12)11-2-1-5-16-11/h3-4,6-7,11,16H,1-2,5H2. The molecule has 1 aliphatic rings. The first-order valence-electron chi connectivity index (χ1n) is 5.88. The van der Waals surface area contributed by atoms with E-state index in [2.05, 4.69) is 26.2 Å². The molecule has 1 N–H and O–H groups in total. The van der Waals surface area contributed by atoms with E-state index in [1.807, 2.05) is 5.38 Å². The van der Waals surface area contributed by atoms with Gasteiger partial charge >= 0.3 is 0 Å². The van der Waals surface area contributed by atoms with Crippen LogP contribution in [0.5, 0.6) is 0 Å². The number of halogens is 2. The molecule has 1 fully saturated rings. The molecule has 0 bridgehead atoms. The largest absolute Gasteiger partial charge is 0.308 e. The van der Waals surface area contributed by atoms with Gasteiger partial charge in [0.2, 0.25) is 0 Å². The number of nitrogens with zero attached hydrogens (tertiary/aromatic N) is 1. The SMILES string of the molecule is Fc1ccc(-c2csc(C3CCCN3)n2)c(Br)c1. The van der Waals surface area contributed by atoms with Gasteiger partial charge in [0.1, 0.15) is 10.8 Å². The highest BCUT2D eigenvalue weighted by Crippen LogP contribution is 2.33. The maximum absolute atomic E-state index is 13.1. The summed E-state index contributed by atoms with van der Waals surface area (Å²) < 4.78 is 13.8. The summed E-state index contributed by atoms with van der Waals surface area (Å²) in [7, 11) is 0. The van der Waals surface area contributed by atoms with Crippen LogP contribution in [0.15, 0.2) is 28.1 Å². The van der Waals surface area contributed by atoms with Crippen LogP contribution in [0, 0.1) is 5.82 Å². The first-order chi connectivity index (χ1) is 8.74. The van der Waals surface area contributed by atoms with Crippen molar-refractivity contribution in [1.29, 1.82) is 0 Å². The van der Waals surface area contributed by atoms with E-state index in [1.54, 1.807) is 17.4 Å². The van der Waals surface area contributed by atoms with Crippen molar-refractivity contribution in [2.24, 2.45) is 0 Å². The van der Waals surface area contributed by atoms with Gasteiger partial charge < -0.3 is 5.32 Å². The molecule has 0 spiro atoms. The quantitative estimate of drug-likeness (QED) is 0.897. The Balaban J connectivity index is 1.92. The number of nitrogens with one attached hydrogen (secondary N) is 1. The Morgan fingerprint density at radius 1 is 1.44 bits per heavy atom. The fourth-order valence-electron chi connectivity index (χ4n) is 2.16. The summed E-state index contributed by atoms with van der Waals surface area (Å²) in [6.07, 6.45) is 2.36. The lowest BCUT2D eigenvalue weighted by Crippen LogP contribution is -2.12. The minimum Gasteiger partial charge on any atom is -0.308 e. The van der Waals surface area contributed by atoms with E-state index < -0.39 is 0 Å². The van der Waals surface area contributed by atoms with Crippen LogP contribution in [-0.4, -0.2) is 11.5 Å². The average molecular weight is 327 g/mol. The summed E-state index contributed by atoms with van der Waals surface area (Å²) in [6.45, 7) is 1.07. The van der Waals surface area contributed by atoms with Crippen LogP contribution in [0.3, 0.4) is 0 Å². The summed E-state index contributed by atoms with van der Waals surface area (Å²) in [6, 6.07) is 5.10. The van der Waals surface area contributed by atoms with Gasteiger partial charge in [-0.1, -0.05) is 0 Å². The number of rotatable bonds is 2. The van der Waals surface area contributed by atoms with Gasteiger partial charge in [-0.15, -0.1) is 11.3 Å². The van der Waals surface area contributed by atoms with Crippen LogP contribution >= 0.6 is 27.3 Å². The maximum Gasteiger partial charge on any atom is 0.124 e. The molecule has 3 rings (SSSR count). The van der Waals surface area contributed by atoms with Crippen LogP contribution < -0.4 is 5.32 Å². The molecule has 0 amide bonds. The molecule has 2 aromatic rings. The molecule has 0 radical (unpaired) electrons. The minimum absolute atomic E-state index is 0.237. The van der Waals surface area contributed by atoms with Gasteiger partial charge in [0.15, 0.2) is 0 Å². The first kappa shape index (κ1) is 12.3. The zero-order valence-corrected chi connectivity index (χ0v) is 12.0. The first-order valence-corrected chi connectivity index (χ1v) is 7.55. The van der Waals surface area contributed by atoms with Crippen molar-refractivity contribution in [2.45, 2.75) is 18.9 Å². The summed E-state index contributed by atoms with van der Waals surface area (Å²) in [5.41, 5.74) is 1.85. The lowest BCUT2D eigenvalue weighted by Gasteiger charge is -2.05. The third-order valence-corrected chi connectivity index (χ3v) is 4.70. The molecule has 1 aromatic carbocycles. The van der Waals surface area contributed by atoms with Crippen LogP contribution in [0.2, 0.25) is 0 Å². The molecule has 0 saturated carbocycles. The maximum atomic E-state index is 13.1. The van der Waals surface area contributed by atoms with Crippen molar-refractivity contribution >= 4 is 27.3 Å². The number of thiazole rings is 1. The Morgan fingerprint density at radius 2 is 2.33 bits per heavy atom. The molecule has 94 valence electrons. The molecule has 1 aliphatic heterocycles. The second-order valence-corrected chi connectivity index (χ2v) is 6.09. The Morgan fingerprint density at radius 3 is 3.06 bits per heavy atom. The lowest BCUT2D eigenvalue weighted by molar-refractivity contribution is 0.627. The van der Waals surface area contributed by atoms with Crippen molar-refractivity contribution in [3.8, 4) is 11.3 Å². The summed E-state index contributed by atoms with van der Waals surface area (Å²) >= 11 is 5.05. The highest BCUT2D eigenvalue weighted by atomic mass is 79.9. The van der Waals surface area contributed by atoms with Gasteiger partial charge in [-0.05, 0) is 53.5 Å². The van der Waals surface area contributed by atoms with E-state index in [4.69, 9.17) is 0 Å². The molecular formula is C13H12BrFN2S. The third kappa shape index (κ3) is 2.35. The molecule has 1 unspecified atom stereocenters. The van der Waals surface area contributed by atoms with Crippen molar-refractivity contribution in [1.82, 2.24) is 10.3 Å². The molecule has 5 heteroatoms. The molecule has 1 atom stereocenters. The van der Waals surface area contributed by atoms with Gasteiger partial charge in [-0.2, -0.15) is 0 Å². The molecule has 2 heterocycles. The number of aromatic nitrogens is 1. The zero-order valence-electron chi connectivity index (χ0n) is 9.62. The van der Waals surface area contributed by atoms with Crippen molar-refractivity contribution in [3.05, 3.63) is 38.9 Å². The molecule has 1 aromatic heterocycles. The fourth-order valence-corrected chi connectivity index (χ4v) is 3.65. The predicted molar refractivity (Wildman–Crippen MR) is 75.2 cm³/mol. The van der Waals surface area contributed by atoms with E-state index in [0.717, 1.165) is 33.7 Å². The van der Waals surface area contributed by atoms with Crippen LogP contribution in [0.4, 0.5) is 4.39 Å². The van der Waals surface area contributed by atoms with E-state index in [0.29, 0.717) is 6.04 Å². The summed E-state index contributed by atoms with van der Waals surface area (Å²) in [5.74, 6) is -0.237. The molecule has 0 aliphatic carbocycles. The second kappa shape index (κ2) is 5.07. The number of benzene rings is 1. The van der Waals surface area contributed by atoms with E-state index in [9.17, 15) is 4.39 Å². The van der Waals surface area contributed by atoms with E-state index in [1.165, 1.54) is 18.6 Å². The van der Waals surface area contributed by atoms with Crippen LogP contribution in [0.1, 0.15) is 23.9 Å². The zero-order chi connectivity index (χ0) is 12.5. The predicted octanol–water partition coefficient (Wildman–Crippen LogP) is 4.14. The number of hydrogen-bond donors (Lipinski definition) is 1. The Kier molecular flexibility index (Phi) is 3.46. The van der Waals surface area contributed by atoms with Crippen LogP contribution in [0.25, 0.3) is 11.3 Å². The Labute approximate surface area is 117 Å². The molecular weight excluding hydrogens is 315 g/mol. The summed E-state index contributed by atoms with van der Waals surface area (Å²) in [5, 5.41) is 6.60. The summed E-state index contributed by atoms with van der Waals surface area (Å²) in [4.78, 5) is 4.66. The molecule has 1 saturated heterocycles. The average Bonchev–Trinajstić information content (AvgIpc) is 2.99. The van der Waals surface area contributed by atoms with E-state index in [-0.39, 0.29) is 5.82 Å². The van der Waals surface area contributed by atoms with Crippen LogP contribution in [-0.2, 0) is 0 Å². The van der Waals surface area contributed by atoms with Gasteiger partial charge in [0.25, 0.3) is 0 Å². The molecule has 18 heavy (non-hydrogen) atoms. The highest BCUT2D eigenvalue weighted by molar-refractivity contribution is 9.10. The third-order valence-electron chi connectivity index (χ3n) is 3.09. The molecule has 2 nitrogen and oxygen atoms in total. The monoisotopic (exact) mass is 326 g/mol. The smallest absolute Gasteiger partial charge is 0.124 e. The Bertz CT molecular complexity index is 564.